The zero-order chi connectivity index (χ0) is 38.7. The van der Waals surface area contributed by atoms with E-state index in [9.17, 15) is 24.3 Å². The van der Waals surface area contributed by atoms with Gasteiger partial charge in [-0.25, -0.2) is 9.59 Å². The fourth-order valence-corrected chi connectivity index (χ4v) is 8.21. The zero-order valence-corrected chi connectivity index (χ0v) is 30.8. The van der Waals surface area contributed by atoms with Crippen LogP contribution in [0.3, 0.4) is 0 Å². The van der Waals surface area contributed by atoms with E-state index in [1.807, 2.05) is 140 Å². The van der Waals surface area contributed by atoms with Gasteiger partial charge in [0.15, 0.2) is 6.04 Å². The van der Waals surface area contributed by atoms with Gasteiger partial charge in [-0.1, -0.05) is 140 Å². The molecule has 3 amide bonds. The van der Waals surface area contributed by atoms with E-state index in [1.165, 1.54) is 0 Å². The van der Waals surface area contributed by atoms with Gasteiger partial charge in [-0.2, -0.15) is 0 Å². The van der Waals surface area contributed by atoms with E-state index in [-0.39, 0.29) is 12.5 Å². The molecule has 0 radical (unpaired) electrons. The number of carbonyl (C=O) groups is 4. The molecule has 10 heteroatoms. The average molecular weight is 738 g/mol. The Labute approximate surface area is 320 Å². The molecule has 1 aliphatic heterocycles. The van der Waals surface area contributed by atoms with Gasteiger partial charge in [0.2, 0.25) is 11.8 Å². The van der Waals surface area contributed by atoms with Crippen molar-refractivity contribution in [1.29, 1.82) is 0 Å². The van der Waals surface area contributed by atoms with E-state index >= 15 is 0 Å². The molecule has 1 fully saturated rings. The smallest absolute Gasteiger partial charge is 0.407 e. The molecule has 5 aromatic carbocycles. The third-order valence-corrected chi connectivity index (χ3v) is 10.5. The van der Waals surface area contributed by atoms with Crippen molar-refractivity contribution in [2.24, 2.45) is 0 Å². The fourth-order valence-electron chi connectivity index (χ4n) is 8.21. The normalized spacial score (nSPS) is 17.8. The third kappa shape index (κ3) is 7.08. The lowest BCUT2D eigenvalue weighted by molar-refractivity contribution is -0.157. The van der Waals surface area contributed by atoms with Gasteiger partial charge in [-0.15, -0.1) is 0 Å². The number of carbonyl (C=O) groups excluding carboxylic acids is 3. The Morgan fingerprint density at radius 3 is 1.67 bits per heavy atom. The van der Waals surface area contributed by atoms with Crippen LogP contribution in [0, 0.1) is 0 Å². The summed E-state index contributed by atoms with van der Waals surface area (Å²) in [5.74, 6) is -2.89. The number of aliphatic carboxylic acids is 1. The number of carboxylic acids is 1. The summed E-state index contributed by atoms with van der Waals surface area (Å²) in [5, 5.41) is 16.1. The van der Waals surface area contributed by atoms with Crippen molar-refractivity contribution in [2.45, 2.75) is 62.6 Å². The van der Waals surface area contributed by atoms with E-state index < -0.39 is 59.7 Å². The molecule has 0 saturated carbocycles. The molecule has 55 heavy (non-hydrogen) atoms. The summed E-state index contributed by atoms with van der Waals surface area (Å²) < 4.78 is 11.8. The van der Waals surface area contributed by atoms with Crippen LogP contribution in [-0.2, 0) is 29.4 Å². The van der Waals surface area contributed by atoms with Crippen LogP contribution < -0.4 is 10.6 Å². The molecule has 0 aromatic heterocycles. The van der Waals surface area contributed by atoms with E-state index in [0.29, 0.717) is 0 Å². The van der Waals surface area contributed by atoms with E-state index in [4.69, 9.17) is 9.47 Å². The number of benzene rings is 5. The summed E-state index contributed by atoms with van der Waals surface area (Å²) in [4.78, 5) is 56.5. The summed E-state index contributed by atoms with van der Waals surface area (Å²) in [6.45, 7) is 4.71. The highest BCUT2D eigenvalue weighted by atomic mass is 16.6. The van der Waals surface area contributed by atoms with Crippen LogP contribution in [0.1, 0.15) is 60.9 Å². The first-order valence-corrected chi connectivity index (χ1v) is 18.3. The number of ether oxygens (including phenoxy) is 2. The monoisotopic (exact) mass is 737 g/mol. The highest BCUT2D eigenvalue weighted by Gasteiger charge is 2.53. The topological polar surface area (TPSA) is 134 Å². The predicted octanol–water partition coefficient (Wildman–Crippen LogP) is 6.83. The molecule has 2 aliphatic rings. The number of nitrogens with one attached hydrogen (secondary N) is 2. The van der Waals surface area contributed by atoms with E-state index in [2.05, 4.69) is 10.6 Å². The molecule has 3 N–H and O–H groups in total. The Kier molecular flexibility index (Phi) is 10.3. The third-order valence-electron chi connectivity index (χ3n) is 10.5. The molecule has 5 aromatic rings. The van der Waals surface area contributed by atoms with Crippen LogP contribution in [0.5, 0.6) is 0 Å². The first-order valence-electron chi connectivity index (χ1n) is 18.3. The Morgan fingerprint density at radius 1 is 0.745 bits per heavy atom. The van der Waals surface area contributed by atoms with Gasteiger partial charge in [-0.05, 0) is 59.7 Å². The van der Waals surface area contributed by atoms with Crippen molar-refractivity contribution in [3.8, 4) is 11.1 Å². The molecule has 1 aliphatic carbocycles. The second kappa shape index (κ2) is 15.2. The van der Waals surface area contributed by atoms with Crippen molar-refractivity contribution >= 4 is 23.9 Å². The molecule has 1 saturated heterocycles. The van der Waals surface area contributed by atoms with E-state index in [0.717, 1.165) is 43.8 Å². The fraction of sp³-hybridized carbons (Fsp3) is 0.244. The molecule has 0 spiro atoms. The lowest BCUT2D eigenvalue weighted by Gasteiger charge is -2.38. The van der Waals surface area contributed by atoms with Crippen molar-refractivity contribution in [1.82, 2.24) is 15.5 Å². The zero-order valence-electron chi connectivity index (χ0n) is 30.8. The summed E-state index contributed by atoms with van der Waals surface area (Å²) in [7, 11) is 0. The van der Waals surface area contributed by atoms with E-state index in [1.54, 1.807) is 20.8 Å². The first-order chi connectivity index (χ1) is 26.5. The number of nitrogens with zero attached hydrogens (tertiary/aromatic N) is 1. The number of carboxylic acid groups (broad SMARTS) is 1. The number of fused-ring (bicyclic) bond motifs is 3. The molecular weight excluding hydrogens is 695 g/mol. The van der Waals surface area contributed by atoms with Gasteiger partial charge in [0.05, 0.1) is 12.5 Å². The second-order valence-electron chi connectivity index (χ2n) is 14.4. The Morgan fingerprint density at radius 2 is 1.20 bits per heavy atom. The molecule has 0 bridgehead atoms. The maximum absolute atomic E-state index is 14.6. The highest BCUT2D eigenvalue weighted by Crippen LogP contribution is 2.44. The molecule has 10 nitrogen and oxygen atoms in total. The maximum atomic E-state index is 14.6. The highest BCUT2D eigenvalue weighted by molar-refractivity contribution is 5.94. The number of hydrogen-bond acceptors (Lipinski definition) is 6. The molecule has 0 unspecified atom stereocenters. The van der Waals surface area contributed by atoms with Crippen LogP contribution in [-0.4, -0.2) is 64.4 Å². The summed E-state index contributed by atoms with van der Waals surface area (Å²) in [6, 6.07) is 41.4. The number of hydrogen-bond donors (Lipinski definition) is 3. The molecule has 280 valence electrons. The summed E-state index contributed by atoms with van der Waals surface area (Å²) in [6.07, 6.45) is -2.32. The van der Waals surface area contributed by atoms with Gasteiger partial charge in [0.25, 0.3) is 0 Å². The first kappa shape index (κ1) is 37.1. The SMILES string of the molecule is C[C@@H]1OC(C)(C)N(C(=O)[C@@H](CC(=O)NC(c2ccccc2)(c2ccccc2)c2ccccc2)NC(=O)OCC2c3ccccc3-c3ccccc32)[C@H]1C(=O)O. The van der Waals surface area contributed by atoms with Crippen molar-refractivity contribution in [2.75, 3.05) is 6.61 Å². The summed E-state index contributed by atoms with van der Waals surface area (Å²) in [5.41, 5.74) is 3.87. The van der Waals surface area contributed by atoms with Gasteiger partial charge in [0, 0.05) is 5.92 Å². The largest absolute Gasteiger partial charge is 0.480 e. The van der Waals surface area contributed by atoms with Gasteiger partial charge < -0.3 is 25.2 Å². The van der Waals surface area contributed by atoms with Crippen LogP contribution in [0.15, 0.2) is 140 Å². The standard InChI is InChI=1S/C45H43N3O7/c1-29-40(42(51)52)48(44(2,3)55-29)41(50)38(46-43(53)54-28-37-35-25-15-13-23-33(35)34-24-14-16-26-36(34)37)27-39(49)47-45(30-17-7-4-8-18-30,31-19-9-5-10-20-31)32-21-11-6-12-22-32/h4-26,29,37-38,40H,27-28H2,1-3H3,(H,46,53)(H,47,49)(H,51,52)/t29-,38+,40+/m0/s1. The van der Waals surface area contributed by atoms with Crippen LogP contribution in [0.4, 0.5) is 4.79 Å². The minimum atomic E-state index is -1.52. The Bertz CT molecular complexity index is 2050. The van der Waals surface area contributed by atoms with Crippen molar-refractivity contribution < 1.29 is 33.8 Å². The van der Waals surface area contributed by atoms with Crippen molar-refractivity contribution in [3.63, 3.8) is 0 Å². The number of alkyl carbamates (subject to hydrolysis) is 1. The molecule has 1 heterocycles. The lowest BCUT2D eigenvalue weighted by atomic mass is 9.77. The van der Waals surface area contributed by atoms with Gasteiger partial charge >= 0.3 is 12.1 Å². The number of amides is 3. The minimum absolute atomic E-state index is 0.0286. The van der Waals surface area contributed by atoms with Crippen molar-refractivity contribution in [3.05, 3.63) is 167 Å². The van der Waals surface area contributed by atoms with Gasteiger partial charge in [0.1, 0.15) is 23.9 Å². The maximum Gasteiger partial charge on any atom is 0.407 e. The number of rotatable bonds is 11. The average Bonchev–Trinajstić information content (AvgIpc) is 3.65. The molecule has 7 rings (SSSR count). The quantitative estimate of drug-likeness (QED) is 0.127. The Balaban J connectivity index is 1.21. The molecular formula is C45H43N3O7. The minimum Gasteiger partial charge on any atom is -0.480 e. The van der Waals surface area contributed by atoms with Crippen LogP contribution in [0.25, 0.3) is 11.1 Å². The van der Waals surface area contributed by atoms with Crippen LogP contribution in [0.2, 0.25) is 0 Å². The predicted molar refractivity (Wildman–Crippen MR) is 207 cm³/mol. The molecule has 3 atom stereocenters. The van der Waals surface area contributed by atoms with Gasteiger partial charge in [-0.3, -0.25) is 14.5 Å². The van der Waals surface area contributed by atoms with Crippen LogP contribution >= 0.6 is 0 Å². The Hall–Kier alpha value is -6.26. The summed E-state index contributed by atoms with van der Waals surface area (Å²) >= 11 is 0. The second-order valence-corrected chi connectivity index (χ2v) is 14.4. The lowest BCUT2D eigenvalue weighted by Crippen LogP contribution is -2.59.